The average Bonchev–Trinajstić information content (AvgIpc) is 2.40. The van der Waals surface area contributed by atoms with Crippen molar-refractivity contribution in [3.8, 4) is 0 Å². The molecule has 2 N–H and O–H groups in total. The van der Waals surface area contributed by atoms with Crippen LogP contribution in [0.4, 0.5) is 0 Å². The molecule has 4 heteroatoms. The van der Waals surface area contributed by atoms with E-state index in [4.69, 9.17) is 4.74 Å². The van der Waals surface area contributed by atoms with E-state index in [2.05, 4.69) is 12.2 Å². The Labute approximate surface area is 121 Å². The Hall–Kier alpha value is 0.230. The smallest absolute Gasteiger partial charge is 0.0702 e. The number of hydrogen-bond acceptors (Lipinski definition) is 4. The highest BCUT2D eigenvalue weighted by molar-refractivity contribution is 7.99. The van der Waals surface area contributed by atoms with E-state index in [1.54, 1.807) is 0 Å². The molecule has 2 saturated heterocycles. The fraction of sp³-hybridized carbons (Fsp3) is 1.00. The van der Waals surface area contributed by atoms with Crippen molar-refractivity contribution in [3.63, 3.8) is 0 Å². The number of hydrogen-bond donors (Lipinski definition) is 2. The van der Waals surface area contributed by atoms with Crippen LogP contribution in [0.15, 0.2) is 0 Å². The number of rotatable bonds is 5. The van der Waals surface area contributed by atoms with Gasteiger partial charge in [-0.3, -0.25) is 0 Å². The second kappa shape index (κ2) is 6.79. The van der Waals surface area contributed by atoms with Crippen LogP contribution in [0.1, 0.15) is 46.0 Å². The summed E-state index contributed by atoms with van der Waals surface area (Å²) >= 11 is 2.04. The number of thioether (sulfide) groups is 1. The minimum Gasteiger partial charge on any atom is -0.390 e. The van der Waals surface area contributed by atoms with E-state index in [9.17, 15) is 5.11 Å². The van der Waals surface area contributed by atoms with E-state index in [1.807, 2.05) is 18.7 Å². The lowest BCUT2D eigenvalue weighted by atomic mass is 9.73. The molecule has 2 unspecified atom stereocenters. The van der Waals surface area contributed by atoms with Crippen LogP contribution in [0.25, 0.3) is 0 Å². The van der Waals surface area contributed by atoms with E-state index in [0.29, 0.717) is 5.92 Å². The maximum absolute atomic E-state index is 10.8. The van der Waals surface area contributed by atoms with Gasteiger partial charge in [0.1, 0.15) is 0 Å². The first-order valence-corrected chi connectivity index (χ1v) is 8.88. The third kappa shape index (κ3) is 4.10. The summed E-state index contributed by atoms with van der Waals surface area (Å²) in [5, 5.41) is 14.1. The van der Waals surface area contributed by atoms with Crippen molar-refractivity contribution >= 4 is 11.8 Å². The SMILES string of the molecule is CCNCCC(C)(O)C1CCOC2(CCSCC2)C1. The molecule has 2 aliphatic heterocycles. The third-order valence-electron chi connectivity index (χ3n) is 4.83. The summed E-state index contributed by atoms with van der Waals surface area (Å²) in [7, 11) is 0. The predicted molar refractivity (Wildman–Crippen MR) is 81.8 cm³/mol. The van der Waals surface area contributed by atoms with Crippen LogP contribution in [0.3, 0.4) is 0 Å². The molecule has 3 nitrogen and oxygen atoms in total. The van der Waals surface area contributed by atoms with Gasteiger partial charge < -0.3 is 15.2 Å². The Morgan fingerprint density at radius 2 is 2.16 bits per heavy atom. The van der Waals surface area contributed by atoms with Crippen LogP contribution in [0.5, 0.6) is 0 Å². The molecule has 0 aromatic rings. The highest BCUT2D eigenvalue weighted by Gasteiger charge is 2.44. The largest absolute Gasteiger partial charge is 0.390 e. The molecule has 0 aliphatic carbocycles. The molecule has 2 rings (SSSR count). The van der Waals surface area contributed by atoms with E-state index in [0.717, 1.165) is 51.8 Å². The minimum absolute atomic E-state index is 0.0797. The molecule has 1 spiro atoms. The van der Waals surface area contributed by atoms with Gasteiger partial charge in [0.15, 0.2) is 0 Å². The molecular formula is C15H29NO2S. The van der Waals surface area contributed by atoms with Gasteiger partial charge in [0.2, 0.25) is 0 Å². The first kappa shape index (κ1) is 15.6. The van der Waals surface area contributed by atoms with Crippen molar-refractivity contribution in [2.24, 2.45) is 5.92 Å². The quantitative estimate of drug-likeness (QED) is 0.762. The molecule has 112 valence electrons. The molecule has 0 aromatic carbocycles. The molecule has 0 aromatic heterocycles. The Morgan fingerprint density at radius 1 is 1.42 bits per heavy atom. The minimum atomic E-state index is -0.552. The van der Waals surface area contributed by atoms with E-state index < -0.39 is 5.60 Å². The van der Waals surface area contributed by atoms with Crippen molar-refractivity contribution in [2.45, 2.75) is 57.2 Å². The van der Waals surface area contributed by atoms with Gasteiger partial charge >= 0.3 is 0 Å². The van der Waals surface area contributed by atoms with Crippen LogP contribution >= 0.6 is 11.8 Å². The molecule has 0 radical (unpaired) electrons. The van der Waals surface area contributed by atoms with Gasteiger partial charge in [-0.2, -0.15) is 11.8 Å². The van der Waals surface area contributed by atoms with E-state index in [1.165, 1.54) is 11.5 Å². The van der Waals surface area contributed by atoms with Crippen LogP contribution < -0.4 is 5.32 Å². The van der Waals surface area contributed by atoms with Crippen molar-refractivity contribution < 1.29 is 9.84 Å². The molecule has 0 saturated carbocycles. The van der Waals surface area contributed by atoms with Crippen LogP contribution in [-0.2, 0) is 4.74 Å². The van der Waals surface area contributed by atoms with Gasteiger partial charge in [0, 0.05) is 6.61 Å². The van der Waals surface area contributed by atoms with Crippen LogP contribution in [-0.4, -0.2) is 47.5 Å². The molecule has 0 amide bonds. The molecule has 19 heavy (non-hydrogen) atoms. The number of ether oxygens (including phenoxy) is 1. The van der Waals surface area contributed by atoms with Gasteiger partial charge in [0.25, 0.3) is 0 Å². The topological polar surface area (TPSA) is 41.5 Å². The summed E-state index contributed by atoms with van der Waals surface area (Å²) in [6, 6.07) is 0. The fourth-order valence-electron chi connectivity index (χ4n) is 3.37. The van der Waals surface area contributed by atoms with Gasteiger partial charge in [0.05, 0.1) is 11.2 Å². The van der Waals surface area contributed by atoms with Gasteiger partial charge in [-0.05, 0) is 69.5 Å². The highest BCUT2D eigenvalue weighted by atomic mass is 32.2. The van der Waals surface area contributed by atoms with Crippen molar-refractivity contribution in [1.29, 1.82) is 0 Å². The molecule has 2 aliphatic rings. The Morgan fingerprint density at radius 3 is 2.84 bits per heavy atom. The normalized spacial score (nSPS) is 30.2. The molecule has 2 heterocycles. The second-order valence-electron chi connectivity index (χ2n) is 6.29. The Kier molecular flexibility index (Phi) is 5.58. The lowest BCUT2D eigenvalue weighted by Crippen LogP contribution is -2.49. The first-order chi connectivity index (χ1) is 9.08. The highest BCUT2D eigenvalue weighted by Crippen LogP contribution is 2.43. The summed E-state index contributed by atoms with van der Waals surface area (Å²) in [5.74, 6) is 2.82. The number of nitrogens with one attached hydrogen (secondary N) is 1. The zero-order valence-electron chi connectivity index (χ0n) is 12.4. The molecule has 0 bridgehead atoms. The first-order valence-electron chi connectivity index (χ1n) is 7.73. The molecule has 2 atom stereocenters. The molecule has 2 fully saturated rings. The summed E-state index contributed by atoms with van der Waals surface area (Å²) in [5.41, 5.74) is -0.472. The summed E-state index contributed by atoms with van der Waals surface area (Å²) < 4.78 is 6.12. The lowest BCUT2D eigenvalue weighted by Gasteiger charge is -2.47. The third-order valence-corrected chi connectivity index (χ3v) is 5.82. The summed E-state index contributed by atoms with van der Waals surface area (Å²) in [4.78, 5) is 0. The van der Waals surface area contributed by atoms with E-state index >= 15 is 0 Å². The van der Waals surface area contributed by atoms with Gasteiger partial charge in [-0.15, -0.1) is 0 Å². The monoisotopic (exact) mass is 287 g/mol. The van der Waals surface area contributed by atoms with Gasteiger partial charge in [-0.1, -0.05) is 6.92 Å². The van der Waals surface area contributed by atoms with E-state index in [-0.39, 0.29) is 5.60 Å². The number of aliphatic hydroxyl groups is 1. The maximum Gasteiger partial charge on any atom is 0.0702 e. The zero-order valence-corrected chi connectivity index (χ0v) is 13.2. The Balaban J connectivity index is 1.91. The predicted octanol–water partition coefficient (Wildman–Crippen LogP) is 2.43. The Bertz CT molecular complexity index is 272. The fourth-order valence-corrected chi connectivity index (χ4v) is 4.61. The zero-order chi connectivity index (χ0) is 13.8. The van der Waals surface area contributed by atoms with Crippen LogP contribution in [0, 0.1) is 5.92 Å². The van der Waals surface area contributed by atoms with Crippen LogP contribution in [0.2, 0.25) is 0 Å². The average molecular weight is 287 g/mol. The van der Waals surface area contributed by atoms with Gasteiger partial charge in [-0.25, -0.2) is 0 Å². The maximum atomic E-state index is 10.8. The summed E-state index contributed by atoms with van der Waals surface area (Å²) in [6.45, 7) is 6.84. The standard InChI is InChI=1S/C15H29NO2S/c1-3-16-8-5-14(2,17)13-4-9-18-15(12-13)6-10-19-11-7-15/h13,16-17H,3-12H2,1-2H3. The van der Waals surface area contributed by atoms with Crippen molar-refractivity contribution in [2.75, 3.05) is 31.2 Å². The van der Waals surface area contributed by atoms with Crippen molar-refractivity contribution in [3.05, 3.63) is 0 Å². The summed E-state index contributed by atoms with van der Waals surface area (Å²) in [6.07, 6.45) is 5.23. The second-order valence-corrected chi connectivity index (χ2v) is 7.52. The lowest BCUT2D eigenvalue weighted by molar-refractivity contribution is -0.143. The van der Waals surface area contributed by atoms with Crippen molar-refractivity contribution in [1.82, 2.24) is 5.32 Å². The molecular weight excluding hydrogens is 258 g/mol.